The summed E-state index contributed by atoms with van der Waals surface area (Å²) in [5, 5.41) is 43.6. The number of rotatable bonds is 2. The molecule has 0 aromatic heterocycles. The molecule has 6 N–H and O–H groups in total. The summed E-state index contributed by atoms with van der Waals surface area (Å²) in [6, 6.07) is -0.973. The standard InChI is InChI=1S/C22H26N2O7/c1-7-8-5-4-6-9(25)11(8)18(27)13-10(7)17(26)12-14(19(13)28)20(29)15(22(23)31)21(30)16(12)24(2)3/h4-8,10-12,14,16-17,25-26,28,30H,1-3H3,(H2,23,31)/t7-,8?,10?,11?,12?,14?,16-,17+/m1/s1. The Morgan fingerprint density at radius 1 is 1.06 bits per heavy atom. The zero-order valence-corrected chi connectivity index (χ0v) is 17.4. The van der Waals surface area contributed by atoms with Crippen LogP contribution in [0.25, 0.3) is 0 Å². The van der Waals surface area contributed by atoms with Crippen LogP contribution in [0.15, 0.2) is 46.7 Å². The first-order chi connectivity index (χ1) is 14.5. The van der Waals surface area contributed by atoms with Crippen molar-refractivity contribution in [1.82, 2.24) is 4.90 Å². The van der Waals surface area contributed by atoms with Crippen molar-refractivity contribution in [3.63, 3.8) is 0 Å². The predicted octanol–water partition coefficient (Wildman–Crippen LogP) is 0.295. The van der Waals surface area contributed by atoms with Crippen LogP contribution >= 0.6 is 0 Å². The fourth-order valence-corrected chi connectivity index (χ4v) is 6.00. The van der Waals surface area contributed by atoms with Gasteiger partial charge in [0.15, 0.2) is 11.6 Å². The molecule has 0 spiro atoms. The second-order valence-electron chi connectivity index (χ2n) is 9.02. The van der Waals surface area contributed by atoms with Crippen molar-refractivity contribution in [3.05, 3.63) is 46.7 Å². The quantitative estimate of drug-likeness (QED) is 0.391. The number of allylic oxidation sites excluding steroid dienone is 5. The van der Waals surface area contributed by atoms with Crippen LogP contribution in [0.2, 0.25) is 0 Å². The summed E-state index contributed by atoms with van der Waals surface area (Å²) >= 11 is 0. The van der Waals surface area contributed by atoms with Crippen molar-refractivity contribution in [1.29, 1.82) is 0 Å². The highest BCUT2D eigenvalue weighted by Crippen LogP contribution is 2.54. The Morgan fingerprint density at radius 3 is 2.29 bits per heavy atom. The van der Waals surface area contributed by atoms with E-state index in [0.29, 0.717) is 0 Å². The number of ketones is 2. The average Bonchev–Trinajstić information content (AvgIpc) is 2.67. The molecule has 0 radical (unpaired) electrons. The maximum atomic E-state index is 13.3. The van der Waals surface area contributed by atoms with Gasteiger partial charge in [-0.15, -0.1) is 0 Å². The van der Waals surface area contributed by atoms with E-state index >= 15 is 0 Å². The van der Waals surface area contributed by atoms with E-state index < -0.39 is 76.3 Å². The minimum atomic E-state index is -1.41. The molecule has 1 fully saturated rings. The topological polar surface area (TPSA) is 161 Å². The van der Waals surface area contributed by atoms with E-state index in [1.165, 1.54) is 11.0 Å². The van der Waals surface area contributed by atoms with E-state index in [-0.39, 0.29) is 17.3 Å². The van der Waals surface area contributed by atoms with Crippen LogP contribution in [0.4, 0.5) is 0 Å². The molecule has 4 aliphatic carbocycles. The van der Waals surface area contributed by atoms with E-state index in [1.807, 2.05) is 6.92 Å². The number of hydrogen-bond acceptors (Lipinski definition) is 8. The summed E-state index contributed by atoms with van der Waals surface area (Å²) < 4.78 is 0. The summed E-state index contributed by atoms with van der Waals surface area (Å²) in [6.07, 6.45) is 3.57. The number of aliphatic hydroxyl groups is 4. The van der Waals surface area contributed by atoms with Gasteiger partial charge in [-0.2, -0.15) is 0 Å². The number of hydrogen-bond donors (Lipinski definition) is 5. The van der Waals surface area contributed by atoms with Gasteiger partial charge in [-0.05, 0) is 32.0 Å². The molecule has 1 amide bonds. The second kappa shape index (κ2) is 7.06. The molecule has 9 nitrogen and oxygen atoms in total. The molecule has 4 aliphatic rings. The molecule has 0 aliphatic heterocycles. The molecular formula is C22H26N2O7. The minimum absolute atomic E-state index is 0.103. The van der Waals surface area contributed by atoms with Gasteiger partial charge in [0.05, 0.1) is 24.0 Å². The zero-order chi connectivity index (χ0) is 22.9. The van der Waals surface area contributed by atoms with Gasteiger partial charge in [0.1, 0.15) is 22.9 Å². The number of amides is 1. The number of Topliss-reactive ketones (excluding diaryl/α,β-unsaturated/α-hetero) is 2. The number of likely N-dealkylation sites (N-methyl/N-ethyl adjacent to an activating group) is 1. The summed E-state index contributed by atoms with van der Waals surface area (Å²) in [4.78, 5) is 39.9. The zero-order valence-electron chi connectivity index (χ0n) is 17.4. The van der Waals surface area contributed by atoms with Crippen LogP contribution in [0, 0.1) is 35.5 Å². The van der Waals surface area contributed by atoms with Gasteiger partial charge in [-0.1, -0.05) is 19.1 Å². The van der Waals surface area contributed by atoms with Crippen molar-refractivity contribution >= 4 is 17.5 Å². The van der Waals surface area contributed by atoms with Gasteiger partial charge >= 0.3 is 0 Å². The largest absolute Gasteiger partial charge is 0.512 e. The van der Waals surface area contributed by atoms with Crippen molar-refractivity contribution < 1.29 is 34.8 Å². The van der Waals surface area contributed by atoms with Gasteiger partial charge in [0, 0.05) is 17.4 Å². The Hall–Kier alpha value is -2.91. The van der Waals surface area contributed by atoms with Gasteiger partial charge < -0.3 is 26.2 Å². The Morgan fingerprint density at radius 2 is 1.71 bits per heavy atom. The molecule has 0 aromatic carbocycles. The lowest BCUT2D eigenvalue weighted by Crippen LogP contribution is -2.61. The molecule has 5 unspecified atom stereocenters. The van der Waals surface area contributed by atoms with Crippen LogP contribution < -0.4 is 5.73 Å². The highest BCUT2D eigenvalue weighted by atomic mass is 16.3. The summed E-state index contributed by atoms with van der Waals surface area (Å²) in [7, 11) is 3.21. The first-order valence-corrected chi connectivity index (χ1v) is 10.2. The average molecular weight is 430 g/mol. The van der Waals surface area contributed by atoms with Gasteiger partial charge in [0.2, 0.25) is 0 Å². The van der Waals surface area contributed by atoms with Crippen molar-refractivity contribution in [2.24, 2.45) is 41.2 Å². The number of aliphatic hydroxyl groups excluding tert-OH is 4. The Bertz CT molecular complexity index is 1010. The SMILES string of the molecule is C[C@@H]1C2C=CC=C(O)C2C(=O)C2=C(O)C3C(=O)C(C(N)=O)=C(O)[C@H](N(C)C)C3[C@@H](O)C21. The molecule has 4 rings (SSSR count). The van der Waals surface area contributed by atoms with Crippen LogP contribution in [0.1, 0.15) is 6.92 Å². The maximum Gasteiger partial charge on any atom is 0.255 e. The van der Waals surface area contributed by atoms with E-state index in [9.17, 15) is 34.8 Å². The van der Waals surface area contributed by atoms with Crippen molar-refractivity contribution in [3.8, 4) is 0 Å². The number of primary amides is 1. The predicted molar refractivity (Wildman–Crippen MR) is 108 cm³/mol. The fourth-order valence-electron chi connectivity index (χ4n) is 6.00. The lowest BCUT2D eigenvalue weighted by molar-refractivity contribution is -0.136. The second-order valence-corrected chi connectivity index (χ2v) is 9.02. The Balaban J connectivity index is 1.94. The van der Waals surface area contributed by atoms with Crippen molar-refractivity contribution in [2.45, 2.75) is 19.1 Å². The van der Waals surface area contributed by atoms with Crippen LogP contribution in [0.5, 0.6) is 0 Å². The lowest BCUT2D eigenvalue weighted by Gasteiger charge is -2.52. The lowest BCUT2D eigenvalue weighted by atomic mass is 9.53. The summed E-state index contributed by atoms with van der Waals surface area (Å²) in [5.41, 5.74) is 4.58. The van der Waals surface area contributed by atoms with E-state index in [2.05, 4.69) is 0 Å². The van der Waals surface area contributed by atoms with Gasteiger partial charge in [-0.25, -0.2) is 0 Å². The number of carbonyl (C=O) groups excluding carboxylic acids is 3. The molecule has 0 bridgehead atoms. The van der Waals surface area contributed by atoms with Crippen LogP contribution in [-0.4, -0.2) is 69.0 Å². The van der Waals surface area contributed by atoms with E-state index in [4.69, 9.17) is 5.73 Å². The number of carbonyl (C=O) groups is 3. The smallest absolute Gasteiger partial charge is 0.255 e. The first kappa shape index (κ1) is 21.3. The summed E-state index contributed by atoms with van der Waals surface area (Å²) in [6.45, 7) is 1.81. The molecule has 0 heterocycles. The van der Waals surface area contributed by atoms with E-state index in [1.54, 1.807) is 26.2 Å². The molecule has 31 heavy (non-hydrogen) atoms. The third-order valence-corrected chi connectivity index (χ3v) is 7.31. The molecule has 0 aromatic rings. The Kier molecular flexibility index (Phi) is 4.86. The number of fused-ring (bicyclic) bond motifs is 3. The molecule has 1 saturated carbocycles. The normalized spacial score (nSPS) is 39.8. The molecule has 8 atom stereocenters. The third kappa shape index (κ3) is 2.73. The van der Waals surface area contributed by atoms with Crippen LogP contribution in [-0.2, 0) is 14.4 Å². The molecule has 9 heteroatoms. The minimum Gasteiger partial charge on any atom is -0.512 e. The monoisotopic (exact) mass is 430 g/mol. The van der Waals surface area contributed by atoms with Crippen molar-refractivity contribution in [2.75, 3.05) is 14.1 Å². The molecular weight excluding hydrogens is 404 g/mol. The summed E-state index contributed by atoms with van der Waals surface area (Å²) in [5.74, 6) is -8.75. The third-order valence-electron chi connectivity index (χ3n) is 7.31. The van der Waals surface area contributed by atoms with Gasteiger partial charge in [0.25, 0.3) is 5.91 Å². The Labute approximate surface area is 178 Å². The molecule has 0 saturated heterocycles. The highest BCUT2D eigenvalue weighted by Gasteiger charge is 2.61. The number of nitrogens with zero attached hydrogens (tertiary/aromatic N) is 1. The number of nitrogens with two attached hydrogens (primary N) is 1. The van der Waals surface area contributed by atoms with Crippen LogP contribution in [0.3, 0.4) is 0 Å². The van der Waals surface area contributed by atoms with E-state index in [0.717, 1.165) is 0 Å². The first-order valence-electron chi connectivity index (χ1n) is 10.2. The highest BCUT2D eigenvalue weighted by molar-refractivity contribution is 6.21. The fraction of sp³-hybridized carbons (Fsp3) is 0.500. The maximum absolute atomic E-state index is 13.3. The molecule has 166 valence electrons. The van der Waals surface area contributed by atoms with Gasteiger partial charge in [-0.3, -0.25) is 19.3 Å².